The molecule has 1 aliphatic rings. The van der Waals surface area contributed by atoms with E-state index in [4.69, 9.17) is 4.74 Å². The molecule has 2 N–H and O–H groups in total. The molecule has 136 valence electrons. The van der Waals surface area contributed by atoms with Gasteiger partial charge < -0.3 is 20.3 Å². The van der Waals surface area contributed by atoms with Crippen molar-refractivity contribution in [3.8, 4) is 0 Å². The molecule has 0 radical (unpaired) electrons. The number of likely N-dealkylation sites (tertiary alicyclic amines) is 1. The van der Waals surface area contributed by atoms with Crippen LogP contribution in [0.1, 0.15) is 52.4 Å². The highest BCUT2D eigenvalue weighted by Gasteiger charge is 2.18. The lowest BCUT2D eigenvalue weighted by Crippen LogP contribution is -2.43. The topological polar surface area (TPSA) is 48.9 Å². The van der Waals surface area contributed by atoms with E-state index < -0.39 is 0 Å². The zero-order chi connectivity index (χ0) is 16.8. The first-order valence-electron chi connectivity index (χ1n) is 9.54. The lowest BCUT2D eigenvalue weighted by molar-refractivity contribution is 0.129. The van der Waals surface area contributed by atoms with E-state index in [1.807, 2.05) is 7.05 Å². The zero-order valence-electron chi connectivity index (χ0n) is 15.6. The molecule has 0 bridgehead atoms. The van der Waals surface area contributed by atoms with E-state index in [2.05, 4.69) is 34.4 Å². The second-order valence-corrected chi connectivity index (χ2v) is 6.48. The average Bonchev–Trinajstić information content (AvgIpc) is 2.58. The Labute approximate surface area is 143 Å². The van der Waals surface area contributed by atoms with E-state index >= 15 is 0 Å². The molecule has 0 aliphatic carbocycles. The van der Waals surface area contributed by atoms with Crippen LogP contribution in [-0.2, 0) is 4.74 Å². The summed E-state index contributed by atoms with van der Waals surface area (Å²) in [6, 6.07) is 0. The normalized spacial score (nSPS) is 17.4. The molecule has 1 fully saturated rings. The molecule has 5 nitrogen and oxygen atoms in total. The van der Waals surface area contributed by atoms with E-state index in [0.717, 1.165) is 51.0 Å². The monoisotopic (exact) mass is 326 g/mol. The van der Waals surface area contributed by atoms with Crippen molar-refractivity contribution >= 4 is 5.96 Å². The van der Waals surface area contributed by atoms with Crippen LogP contribution in [0.15, 0.2) is 4.99 Å². The van der Waals surface area contributed by atoms with Crippen molar-refractivity contribution in [2.75, 3.05) is 53.0 Å². The van der Waals surface area contributed by atoms with Crippen LogP contribution in [0.3, 0.4) is 0 Å². The molecule has 0 amide bonds. The summed E-state index contributed by atoms with van der Waals surface area (Å²) in [5, 5.41) is 6.85. The van der Waals surface area contributed by atoms with Crippen molar-refractivity contribution < 1.29 is 4.74 Å². The van der Waals surface area contributed by atoms with Gasteiger partial charge in [0.25, 0.3) is 0 Å². The number of nitrogens with one attached hydrogen (secondary N) is 2. The second kappa shape index (κ2) is 13.6. The quantitative estimate of drug-likeness (QED) is 0.348. The van der Waals surface area contributed by atoms with Gasteiger partial charge in [0.2, 0.25) is 0 Å². The third-order valence-corrected chi connectivity index (χ3v) is 4.43. The molecule has 1 rings (SSSR count). The number of guanidine groups is 1. The van der Waals surface area contributed by atoms with Crippen molar-refractivity contribution in [2.24, 2.45) is 10.9 Å². The standard InChI is InChI=1S/C18H38N4O/c1-4-6-14-23-15-7-10-20-18(19-3)21-16-17-8-12-22(11-5-2)13-9-17/h17H,4-16H2,1-3H3,(H2,19,20,21). The summed E-state index contributed by atoms with van der Waals surface area (Å²) in [6.45, 7) is 11.9. The zero-order valence-corrected chi connectivity index (χ0v) is 15.6. The third kappa shape index (κ3) is 9.82. The van der Waals surface area contributed by atoms with Crippen LogP contribution in [-0.4, -0.2) is 63.8 Å². The maximum Gasteiger partial charge on any atom is 0.190 e. The molecular weight excluding hydrogens is 288 g/mol. The Hall–Kier alpha value is -0.810. The van der Waals surface area contributed by atoms with E-state index in [0.29, 0.717) is 0 Å². The lowest BCUT2D eigenvalue weighted by Gasteiger charge is -2.32. The van der Waals surface area contributed by atoms with Crippen molar-refractivity contribution in [3.05, 3.63) is 0 Å². The van der Waals surface area contributed by atoms with E-state index in [1.54, 1.807) is 0 Å². The first-order valence-corrected chi connectivity index (χ1v) is 9.54. The molecule has 5 heteroatoms. The Morgan fingerprint density at radius 3 is 2.48 bits per heavy atom. The largest absolute Gasteiger partial charge is 0.381 e. The predicted molar refractivity (Wildman–Crippen MR) is 99.2 cm³/mol. The molecule has 0 atom stereocenters. The van der Waals surface area contributed by atoms with Crippen LogP contribution >= 0.6 is 0 Å². The fraction of sp³-hybridized carbons (Fsp3) is 0.944. The van der Waals surface area contributed by atoms with Crippen molar-refractivity contribution in [3.63, 3.8) is 0 Å². The summed E-state index contributed by atoms with van der Waals surface area (Å²) in [4.78, 5) is 6.89. The SMILES string of the molecule is CCCCOCCCNC(=NC)NCC1CCN(CCC)CC1. The van der Waals surface area contributed by atoms with Gasteiger partial charge in [-0.15, -0.1) is 0 Å². The number of nitrogens with zero attached hydrogens (tertiary/aromatic N) is 2. The predicted octanol–water partition coefficient (Wildman–Crippen LogP) is 2.48. The third-order valence-electron chi connectivity index (χ3n) is 4.43. The van der Waals surface area contributed by atoms with Crippen molar-refractivity contribution in [2.45, 2.75) is 52.4 Å². The van der Waals surface area contributed by atoms with E-state index in [-0.39, 0.29) is 0 Å². The summed E-state index contributed by atoms with van der Waals surface area (Å²) in [5.41, 5.74) is 0. The molecule has 1 aliphatic heterocycles. The molecule has 0 spiro atoms. The van der Waals surface area contributed by atoms with Gasteiger partial charge in [0, 0.05) is 33.4 Å². The number of hydrogen-bond acceptors (Lipinski definition) is 3. The van der Waals surface area contributed by atoms with Crippen molar-refractivity contribution in [1.82, 2.24) is 15.5 Å². The van der Waals surface area contributed by atoms with Crippen molar-refractivity contribution in [1.29, 1.82) is 0 Å². The van der Waals surface area contributed by atoms with Gasteiger partial charge in [0.1, 0.15) is 0 Å². The number of hydrogen-bond donors (Lipinski definition) is 2. The lowest BCUT2D eigenvalue weighted by atomic mass is 9.97. The molecule has 0 saturated carbocycles. The van der Waals surface area contributed by atoms with Crippen LogP contribution in [0.4, 0.5) is 0 Å². The molecule has 1 saturated heterocycles. The number of ether oxygens (including phenoxy) is 1. The Morgan fingerprint density at radius 2 is 1.83 bits per heavy atom. The first kappa shape index (κ1) is 20.2. The number of unbranched alkanes of at least 4 members (excludes halogenated alkanes) is 1. The maximum atomic E-state index is 5.57. The van der Waals surface area contributed by atoms with Gasteiger partial charge in [-0.25, -0.2) is 0 Å². The van der Waals surface area contributed by atoms with Gasteiger partial charge in [-0.05, 0) is 57.7 Å². The molecule has 0 aromatic heterocycles. The van der Waals surface area contributed by atoms with Crippen LogP contribution in [0.2, 0.25) is 0 Å². The van der Waals surface area contributed by atoms with Crippen LogP contribution in [0.5, 0.6) is 0 Å². The van der Waals surface area contributed by atoms with Crippen LogP contribution in [0.25, 0.3) is 0 Å². The van der Waals surface area contributed by atoms with E-state index in [9.17, 15) is 0 Å². The maximum absolute atomic E-state index is 5.57. The minimum atomic E-state index is 0.777. The van der Waals surface area contributed by atoms with E-state index in [1.165, 1.54) is 45.3 Å². The van der Waals surface area contributed by atoms with Crippen LogP contribution in [0, 0.1) is 5.92 Å². The Kier molecular flexibility index (Phi) is 12.0. The first-order chi connectivity index (χ1) is 11.3. The van der Waals surface area contributed by atoms with Gasteiger partial charge in [-0.3, -0.25) is 4.99 Å². The number of piperidine rings is 1. The Morgan fingerprint density at radius 1 is 1.09 bits per heavy atom. The molecule has 23 heavy (non-hydrogen) atoms. The highest BCUT2D eigenvalue weighted by molar-refractivity contribution is 5.79. The van der Waals surface area contributed by atoms with Gasteiger partial charge in [-0.2, -0.15) is 0 Å². The fourth-order valence-corrected chi connectivity index (χ4v) is 2.92. The second-order valence-electron chi connectivity index (χ2n) is 6.48. The smallest absolute Gasteiger partial charge is 0.190 e. The molecule has 0 unspecified atom stereocenters. The summed E-state index contributed by atoms with van der Waals surface area (Å²) in [7, 11) is 1.84. The number of rotatable bonds is 11. The Balaban J connectivity index is 2.04. The molecular formula is C18H38N4O. The van der Waals surface area contributed by atoms with Gasteiger partial charge >= 0.3 is 0 Å². The summed E-state index contributed by atoms with van der Waals surface area (Å²) in [5.74, 6) is 1.70. The Bertz CT molecular complexity index is 301. The average molecular weight is 327 g/mol. The number of aliphatic imine (C=N–C) groups is 1. The van der Waals surface area contributed by atoms with Gasteiger partial charge in [-0.1, -0.05) is 20.3 Å². The summed E-state index contributed by atoms with van der Waals surface area (Å²) < 4.78 is 5.57. The van der Waals surface area contributed by atoms with Crippen LogP contribution < -0.4 is 10.6 Å². The summed E-state index contributed by atoms with van der Waals surface area (Å²) in [6.07, 6.45) is 7.26. The minimum Gasteiger partial charge on any atom is -0.381 e. The molecule has 1 heterocycles. The van der Waals surface area contributed by atoms with Gasteiger partial charge in [0.15, 0.2) is 5.96 Å². The highest BCUT2D eigenvalue weighted by Crippen LogP contribution is 2.16. The minimum absolute atomic E-state index is 0.777. The highest BCUT2D eigenvalue weighted by atomic mass is 16.5. The fourth-order valence-electron chi connectivity index (χ4n) is 2.92. The molecule has 0 aromatic rings. The van der Waals surface area contributed by atoms with Gasteiger partial charge in [0.05, 0.1) is 0 Å². The summed E-state index contributed by atoms with van der Waals surface area (Å²) >= 11 is 0. The molecule has 0 aromatic carbocycles.